The highest BCUT2D eigenvalue weighted by Crippen LogP contribution is 2.19. The van der Waals surface area contributed by atoms with Crippen LogP contribution in [0.15, 0.2) is 23.2 Å². The lowest BCUT2D eigenvalue weighted by molar-refractivity contribution is -0.116. The van der Waals surface area contributed by atoms with Crippen LogP contribution in [0.4, 0.5) is 0 Å². The maximum Gasteiger partial charge on any atom is 0.338 e. The van der Waals surface area contributed by atoms with Crippen molar-refractivity contribution in [2.75, 3.05) is 6.61 Å². The van der Waals surface area contributed by atoms with Crippen molar-refractivity contribution in [3.05, 3.63) is 28.6 Å². The average molecular weight is 302 g/mol. The molecule has 0 N–H and O–H groups in total. The van der Waals surface area contributed by atoms with E-state index in [2.05, 4.69) is 10.9 Å². The van der Waals surface area contributed by atoms with Crippen LogP contribution in [-0.2, 0) is 16.1 Å². The molecule has 5 nitrogen and oxygen atoms in total. The summed E-state index contributed by atoms with van der Waals surface area (Å²) in [6.45, 7) is 3.77. The molecule has 108 valence electrons. The topological polar surface area (TPSA) is 60.7 Å². The maximum absolute atomic E-state index is 11.7. The van der Waals surface area contributed by atoms with E-state index in [-0.39, 0.29) is 11.9 Å². The van der Waals surface area contributed by atoms with Gasteiger partial charge in [-0.15, -0.1) is 6.42 Å². The molecule has 0 atom stereocenters. The van der Waals surface area contributed by atoms with E-state index in [1.165, 1.54) is 18.3 Å². The van der Waals surface area contributed by atoms with E-state index in [9.17, 15) is 9.59 Å². The zero-order chi connectivity index (χ0) is 15.4. The van der Waals surface area contributed by atoms with E-state index in [4.69, 9.17) is 11.2 Å². The lowest BCUT2D eigenvalue weighted by Crippen LogP contribution is -2.15. The Bertz CT molecular complexity index is 808. The molecule has 1 aromatic heterocycles. The number of hydrogen-bond donors (Lipinski definition) is 0. The molecular formula is C15H14N2O3S. The zero-order valence-electron chi connectivity index (χ0n) is 11.8. The third-order valence-corrected chi connectivity index (χ3v) is 3.74. The fraction of sp³-hybridized carbons (Fsp3) is 0.267. The number of terminal acetylenes is 1. The molecule has 0 aliphatic carbocycles. The number of rotatable bonds is 3. The van der Waals surface area contributed by atoms with Crippen LogP contribution in [0.25, 0.3) is 10.2 Å². The van der Waals surface area contributed by atoms with Gasteiger partial charge >= 0.3 is 5.97 Å². The second-order valence-electron chi connectivity index (χ2n) is 4.21. The highest BCUT2D eigenvalue weighted by molar-refractivity contribution is 7.16. The molecular weight excluding hydrogens is 288 g/mol. The quantitative estimate of drug-likeness (QED) is 0.643. The minimum Gasteiger partial charge on any atom is -0.462 e. The molecule has 0 unspecified atom stereocenters. The summed E-state index contributed by atoms with van der Waals surface area (Å²) in [5, 5.41) is 0. The molecule has 1 aromatic carbocycles. The predicted octanol–water partition coefficient (Wildman–Crippen LogP) is 1.96. The molecule has 0 aliphatic rings. The number of esters is 1. The molecule has 0 spiro atoms. The monoisotopic (exact) mass is 302 g/mol. The van der Waals surface area contributed by atoms with Gasteiger partial charge in [0.2, 0.25) is 5.91 Å². The van der Waals surface area contributed by atoms with Crippen LogP contribution in [0, 0.1) is 12.3 Å². The second-order valence-corrected chi connectivity index (χ2v) is 5.22. The molecule has 0 bridgehead atoms. The molecule has 6 heteroatoms. The van der Waals surface area contributed by atoms with Crippen LogP contribution in [0.1, 0.15) is 24.2 Å². The van der Waals surface area contributed by atoms with Gasteiger partial charge in [0, 0.05) is 6.92 Å². The van der Waals surface area contributed by atoms with E-state index in [0.717, 1.165) is 10.2 Å². The SMILES string of the molecule is C#CCn1c(=NC(C)=O)sc2cc(C(=O)OCC)ccc21. The van der Waals surface area contributed by atoms with Crippen LogP contribution < -0.4 is 4.80 Å². The van der Waals surface area contributed by atoms with Gasteiger partial charge in [0.1, 0.15) is 0 Å². The maximum atomic E-state index is 11.7. The third kappa shape index (κ3) is 3.20. The predicted molar refractivity (Wildman–Crippen MR) is 80.8 cm³/mol. The summed E-state index contributed by atoms with van der Waals surface area (Å²) in [6, 6.07) is 5.19. The normalized spacial score (nSPS) is 11.4. The van der Waals surface area contributed by atoms with Crippen LogP contribution in [0.2, 0.25) is 0 Å². The van der Waals surface area contributed by atoms with Crippen molar-refractivity contribution in [2.45, 2.75) is 20.4 Å². The van der Waals surface area contributed by atoms with E-state index in [0.29, 0.717) is 23.5 Å². The van der Waals surface area contributed by atoms with Crippen molar-refractivity contribution in [2.24, 2.45) is 4.99 Å². The van der Waals surface area contributed by atoms with Gasteiger partial charge in [0.05, 0.1) is 28.9 Å². The first-order chi connectivity index (χ1) is 10.1. The second kappa shape index (κ2) is 6.37. The molecule has 0 saturated carbocycles. The molecule has 21 heavy (non-hydrogen) atoms. The van der Waals surface area contributed by atoms with Crippen molar-refractivity contribution in [1.29, 1.82) is 0 Å². The Balaban J connectivity index is 2.62. The number of carbonyl (C=O) groups excluding carboxylic acids is 2. The number of thiazole rings is 1. The molecule has 2 rings (SSSR count). The lowest BCUT2D eigenvalue weighted by atomic mass is 10.2. The molecule has 0 aliphatic heterocycles. The van der Waals surface area contributed by atoms with Crippen molar-refractivity contribution in [3.63, 3.8) is 0 Å². The Hall–Kier alpha value is -2.39. The smallest absolute Gasteiger partial charge is 0.338 e. The van der Waals surface area contributed by atoms with Gasteiger partial charge in [-0.05, 0) is 25.1 Å². The molecule has 1 amide bonds. The molecule has 0 fully saturated rings. The fourth-order valence-corrected chi connectivity index (χ4v) is 2.99. The summed E-state index contributed by atoms with van der Waals surface area (Å²) < 4.78 is 7.58. The largest absolute Gasteiger partial charge is 0.462 e. The van der Waals surface area contributed by atoms with Gasteiger partial charge in [-0.1, -0.05) is 17.3 Å². The first-order valence-electron chi connectivity index (χ1n) is 6.36. The summed E-state index contributed by atoms with van der Waals surface area (Å²) in [6.07, 6.45) is 5.36. The van der Waals surface area contributed by atoms with Crippen LogP contribution in [-0.4, -0.2) is 23.1 Å². The number of hydrogen-bond acceptors (Lipinski definition) is 4. The van der Waals surface area contributed by atoms with E-state index >= 15 is 0 Å². The van der Waals surface area contributed by atoms with Crippen molar-refractivity contribution < 1.29 is 14.3 Å². The first kappa shape index (κ1) is 15.0. The standard InChI is InChI=1S/C15H14N2O3S/c1-4-8-17-12-7-6-11(14(19)20-5-2)9-13(12)21-15(17)16-10(3)18/h1,6-7,9H,5,8H2,2-3H3. The number of benzene rings is 1. The van der Waals surface area contributed by atoms with Gasteiger partial charge in [0.25, 0.3) is 0 Å². The molecule has 1 heterocycles. The van der Waals surface area contributed by atoms with E-state index in [1.54, 1.807) is 29.7 Å². The first-order valence-corrected chi connectivity index (χ1v) is 7.17. The summed E-state index contributed by atoms with van der Waals surface area (Å²) >= 11 is 1.31. The van der Waals surface area contributed by atoms with Gasteiger partial charge in [-0.2, -0.15) is 4.99 Å². The van der Waals surface area contributed by atoms with E-state index in [1.807, 2.05) is 0 Å². The Morgan fingerprint density at radius 2 is 2.24 bits per heavy atom. The van der Waals surface area contributed by atoms with Gasteiger partial charge in [-0.25, -0.2) is 4.79 Å². The number of carbonyl (C=O) groups is 2. The summed E-state index contributed by atoms with van der Waals surface area (Å²) in [7, 11) is 0. The summed E-state index contributed by atoms with van der Waals surface area (Å²) in [4.78, 5) is 27.4. The Morgan fingerprint density at radius 1 is 1.48 bits per heavy atom. The van der Waals surface area contributed by atoms with Crippen molar-refractivity contribution >= 4 is 33.4 Å². The summed E-state index contributed by atoms with van der Waals surface area (Å²) in [5.74, 6) is 1.87. The molecule has 0 radical (unpaired) electrons. The Labute approximate surface area is 125 Å². The molecule has 0 saturated heterocycles. The third-order valence-electron chi connectivity index (χ3n) is 2.70. The average Bonchev–Trinajstić information content (AvgIpc) is 2.76. The summed E-state index contributed by atoms with van der Waals surface area (Å²) in [5.41, 5.74) is 1.30. The highest BCUT2D eigenvalue weighted by atomic mass is 32.1. The number of ether oxygens (including phenoxy) is 1. The minimum absolute atomic E-state index is 0.294. The van der Waals surface area contributed by atoms with Crippen molar-refractivity contribution in [1.82, 2.24) is 4.57 Å². The Morgan fingerprint density at radius 3 is 2.86 bits per heavy atom. The van der Waals surface area contributed by atoms with Gasteiger partial charge in [0.15, 0.2) is 4.80 Å². The van der Waals surface area contributed by atoms with Crippen LogP contribution >= 0.6 is 11.3 Å². The number of aromatic nitrogens is 1. The zero-order valence-corrected chi connectivity index (χ0v) is 12.6. The minimum atomic E-state index is -0.374. The molecule has 2 aromatic rings. The van der Waals surface area contributed by atoms with Crippen LogP contribution in [0.3, 0.4) is 0 Å². The van der Waals surface area contributed by atoms with Gasteiger partial charge in [-0.3, -0.25) is 4.79 Å². The van der Waals surface area contributed by atoms with Crippen molar-refractivity contribution in [3.8, 4) is 12.3 Å². The van der Waals surface area contributed by atoms with Crippen LogP contribution in [0.5, 0.6) is 0 Å². The number of nitrogens with zero attached hydrogens (tertiary/aromatic N) is 2. The highest BCUT2D eigenvalue weighted by Gasteiger charge is 2.11. The van der Waals surface area contributed by atoms with E-state index < -0.39 is 0 Å². The fourth-order valence-electron chi connectivity index (χ4n) is 1.88. The number of fused-ring (bicyclic) bond motifs is 1. The van der Waals surface area contributed by atoms with Gasteiger partial charge < -0.3 is 9.30 Å². The Kier molecular flexibility index (Phi) is 4.55. The number of amides is 1. The lowest BCUT2D eigenvalue weighted by Gasteiger charge is -2.02.